The summed E-state index contributed by atoms with van der Waals surface area (Å²) in [6, 6.07) is 0.177. The molecule has 1 aromatic heterocycles. The van der Waals surface area contributed by atoms with E-state index in [1.165, 1.54) is 25.7 Å². The van der Waals surface area contributed by atoms with Crippen molar-refractivity contribution < 1.29 is 9.32 Å². The summed E-state index contributed by atoms with van der Waals surface area (Å²) in [6.45, 7) is 2.55. The average molecular weight is 266 g/mol. The highest BCUT2D eigenvalue weighted by molar-refractivity contribution is 5.81. The van der Waals surface area contributed by atoms with Crippen molar-refractivity contribution in [2.24, 2.45) is 0 Å². The number of hydrogen-bond donors (Lipinski definition) is 2. The zero-order chi connectivity index (χ0) is 13.5. The highest BCUT2D eigenvalue weighted by Gasteiger charge is 2.19. The molecule has 6 heteroatoms. The maximum Gasteiger partial charge on any atom is 0.237 e. The van der Waals surface area contributed by atoms with Gasteiger partial charge < -0.3 is 15.2 Å². The second-order valence-corrected chi connectivity index (χ2v) is 5.12. The van der Waals surface area contributed by atoms with E-state index in [1.54, 1.807) is 0 Å². The van der Waals surface area contributed by atoms with Gasteiger partial charge in [0, 0.05) is 19.0 Å². The fourth-order valence-corrected chi connectivity index (χ4v) is 2.37. The van der Waals surface area contributed by atoms with Crippen LogP contribution in [0.4, 0.5) is 0 Å². The first-order chi connectivity index (χ1) is 9.25. The molecule has 0 spiro atoms. The zero-order valence-corrected chi connectivity index (χ0v) is 11.4. The van der Waals surface area contributed by atoms with Gasteiger partial charge in [-0.05, 0) is 19.8 Å². The van der Waals surface area contributed by atoms with E-state index in [0.717, 1.165) is 12.8 Å². The van der Waals surface area contributed by atoms with E-state index in [9.17, 15) is 4.79 Å². The fourth-order valence-electron chi connectivity index (χ4n) is 2.37. The third-order valence-corrected chi connectivity index (χ3v) is 3.55. The van der Waals surface area contributed by atoms with Crippen molar-refractivity contribution in [3.05, 3.63) is 12.2 Å². The normalized spacial score (nSPS) is 18.2. The van der Waals surface area contributed by atoms with Crippen molar-refractivity contribution in [3.63, 3.8) is 0 Å². The van der Waals surface area contributed by atoms with Gasteiger partial charge in [0.05, 0.1) is 6.04 Å². The Morgan fingerprint density at radius 1 is 1.47 bits per heavy atom. The molecule has 0 aromatic carbocycles. The van der Waals surface area contributed by atoms with Crippen LogP contribution in [0.2, 0.25) is 0 Å². The SMILES string of the molecule is CC(NCCc1ncon1)C(=O)NC1CCCCC1. The van der Waals surface area contributed by atoms with Gasteiger partial charge in [-0.15, -0.1) is 0 Å². The number of carbonyl (C=O) groups is 1. The van der Waals surface area contributed by atoms with Crippen LogP contribution in [-0.2, 0) is 11.2 Å². The van der Waals surface area contributed by atoms with E-state index >= 15 is 0 Å². The second-order valence-electron chi connectivity index (χ2n) is 5.12. The summed E-state index contributed by atoms with van der Waals surface area (Å²) in [7, 11) is 0. The highest BCUT2D eigenvalue weighted by Crippen LogP contribution is 2.17. The first-order valence-corrected chi connectivity index (χ1v) is 7.04. The quantitative estimate of drug-likeness (QED) is 0.804. The molecule has 6 nitrogen and oxygen atoms in total. The third-order valence-electron chi connectivity index (χ3n) is 3.55. The number of nitrogens with one attached hydrogen (secondary N) is 2. The van der Waals surface area contributed by atoms with E-state index in [2.05, 4.69) is 25.3 Å². The lowest BCUT2D eigenvalue weighted by molar-refractivity contribution is -0.123. The second kappa shape index (κ2) is 7.23. The molecule has 0 radical (unpaired) electrons. The smallest absolute Gasteiger partial charge is 0.237 e. The van der Waals surface area contributed by atoms with Crippen molar-refractivity contribution in [1.29, 1.82) is 0 Å². The minimum Gasteiger partial charge on any atom is -0.352 e. The first-order valence-electron chi connectivity index (χ1n) is 7.04. The lowest BCUT2D eigenvalue weighted by Crippen LogP contribution is -2.47. The Kier molecular flexibility index (Phi) is 5.32. The van der Waals surface area contributed by atoms with Gasteiger partial charge in [0.1, 0.15) is 0 Å². The van der Waals surface area contributed by atoms with Gasteiger partial charge in [0.25, 0.3) is 0 Å². The van der Waals surface area contributed by atoms with Crippen molar-refractivity contribution in [3.8, 4) is 0 Å². The van der Waals surface area contributed by atoms with Crippen LogP contribution in [0.3, 0.4) is 0 Å². The number of carbonyl (C=O) groups excluding carboxylic acids is 1. The molecule has 1 atom stereocenters. The van der Waals surface area contributed by atoms with Crippen molar-refractivity contribution in [2.75, 3.05) is 6.54 Å². The fraction of sp³-hybridized carbons (Fsp3) is 0.769. The summed E-state index contributed by atoms with van der Waals surface area (Å²) in [4.78, 5) is 15.9. The van der Waals surface area contributed by atoms with Crippen LogP contribution in [0.25, 0.3) is 0 Å². The molecule has 1 amide bonds. The monoisotopic (exact) mass is 266 g/mol. The maximum absolute atomic E-state index is 12.0. The van der Waals surface area contributed by atoms with Crippen molar-refractivity contribution >= 4 is 5.91 Å². The maximum atomic E-state index is 12.0. The van der Waals surface area contributed by atoms with Gasteiger partial charge in [0.15, 0.2) is 5.82 Å². The molecule has 1 unspecified atom stereocenters. The summed E-state index contributed by atoms with van der Waals surface area (Å²) in [5.41, 5.74) is 0. The Hall–Kier alpha value is -1.43. The number of hydrogen-bond acceptors (Lipinski definition) is 5. The number of aromatic nitrogens is 2. The molecule has 19 heavy (non-hydrogen) atoms. The van der Waals surface area contributed by atoms with Crippen LogP contribution in [0.1, 0.15) is 44.9 Å². The first kappa shape index (κ1) is 14.0. The van der Waals surface area contributed by atoms with Crippen LogP contribution >= 0.6 is 0 Å². The summed E-state index contributed by atoms with van der Waals surface area (Å²) in [5, 5.41) is 10.0. The third kappa shape index (κ3) is 4.63. The minimum atomic E-state index is -0.186. The molecular weight excluding hydrogens is 244 g/mol. The zero-order valence-electron chi connectivity index (χ0n) is 11.4. The van der Waals surface area contributed by atoms with Gasteiger partial charge >= 0.3 is 0 Å². The van der Waals surface area contributed by atoms with E-state index < -0.39 is 0 Å². The molecule has 0 aliphatic heterocycles. The van der Waals surface area contributed by atoms with E-state index in [0.29, 0.717) is 24.8 Å². The van der Waals surface area contributed by atoms with Gasteiger partial charge in [-0.2, -0.15) is 4.98 Å². The molecule has 0 bridgehead atoms. The van der Waals surface area contributed by atoms with Crippen LogP contribution in [0.15, 0.2) is 10.9 Å². The Balaban J connectivity index is 1.64. The minimum absolute atomic E-state index is 0.0833. The Morgan fingerprint density at radius 3 is 2.95 bits per heavy atom. The molecule has 1 aromatic rings. The average Bonchev–Trinajstić information content (AvgIpc) is 2.93. The Labute approximate surface area is 113 Å². The van der Waals surface area contributed by atoms with Crippen LogP contribution in [0, 0.1) is 0 Å². The Morgan fingerprint density at radius 2 is 2.26 bits per heavy atom. The Bertz CT molecular complexity index is 374. The molecule has 1 heterocycles. The lowest BCUT2D eigenvalue weighted by atomic mass is 9.95. The molecule has 0 saturated heterocycles. The lowest BCUT2D eigenvalue weighted by Gasteiger charge is -2.24. The van der Waals surface area contributed by atoms with E-state index in [4.69, 9.17) is 0 Å². The summed E-state index contributed by atoms with van der Waals surface area (Å²) >= 11 is 0. The number of nitrogens with zero attached hydrogens (tertiary/aromatic N) is 2. The molecule has 1 aliphatic rings. The number of amides is 1. The van der Waals surface area contributed by atoms with Crippen LogP contribution < -0.4 is 10.6 Å². The highest BCUT2D eigenvalue weighted by atomic mass is 16.5. The van der Waals surface area contributed by atoms with E-state index in [-0.39, 0.29) is 11.9 Å². The summed E-state index contributed by atoms with van der Waals surface area (Å²) in [6.07, 6.45) is 7.95. The molecule has 1 aliphatic carbocycles. The standard InChI is InChI=1S/C13H22N4O2/c1-10(14-8-7-12-15-9-19-17-12)13(18)16-11-5-3-2-4-6-11/h9-11,14H,2-8H2,1H3,(H,16,18). The van der Waals surface area contributed by atoms with Gasteiger partial charge in [-0.25, -0.2) is 0 Å². The van der Waals surface area contributed by atoms with Crippen LogP contribution in [0.5, 0.6) is 0 Å². The van der Waals surface area contributed by atoms with Gasteiger partial charge in [-0.3, -0.25) is 4.79 Å². The van der Waals surface area contributed by atoms with Crippen molar-refractivity contribution in [1.82, 2.24) is 20.8 Å². The van der Waals surface area contributed by atoms with Gasteiger partial charge in [0.2, 0.25) is 12.3 Å². The summed E-state index contributed by atoms with van der Waals surface area (Å²) in [5.74, 6) is 0.743. The topological polar surface area (TPSA) is 80.1 Å². The number of rotatable bonds is 6. The predicted molar refractivity (Wildman–Crippen MR) is 70.5 cm³/mol. The predicted octanol–water partition coefficient (Wildman–Crippen LogP) is 1.04. The molecule has 1 fully saturated rings. The molecular formula is C13H22N4O2. The molecule has 2 N–H and O–H groups in total. The largest absolute Gasteiger partial charge is 0.352 e. The van der Waals surface area contributed by atoms with E-state index in [1.807, 2.05) is 6.92 Å². The van der Waals surface area contributed by atoms with Gasteiger partial charge in [-0.1, -0.05) is 24.4 Å². The van der Waals surface area contributed by atoms with Crippen molar-refractivity contribution in [2.45, 2.75) is 57.5 Å². The molecule has 2 rings (SSSR count). The molecule has 106 valence electrons. The summed E-state index contributed by atoms with van der Waals surface area (Å²) < 4.78 is 4.65. The van der Waals surface area contributed by atoms with Crippen LogP contribution in [-0.4, -0.2) is 34.7 Å². The molecule has 1 saturated carbocycles.